The van der Waals surface area contributed by atoms with Crippen LogP contribution in [0.15, 0.2) is 6.33 Å². The molecule has 4 rings (SSSR count). The van der Waals surface area contributed by atoms with Crippen LogP contribution in [0.5, 0.6) is 0 Å². The zero-order valence-corrected chi connectivity index (χ0v) is 14.2. The second kappa shape index (κ2) is 6.57. The summed E-state index contributed by atoms with van der Waals surface area (Å²) in [6.07, 6.45) is 8.92. The first-order valence-corrected chi connectivity index (χ1v) is 9.32. The van der Waals surface area contributed by atoms with Crippen molar-refractivity contribution in [1.82, 2.24) is 19.4 Å². The van der Waals surface area contributed by atoms with Gasteiger partial charge in [-0.2, -0.15) is 0 Å². The SMILES string of the molecule is O=C1CCCN1Cc1ncn2c1CN(C(=O)C1CCCC1)CCC2. The van der Waals surface area contributed by atoms with Crippen LogP contribution in [0.2, 0.25) is 0 Å². The van der Waals surface area contributed by atoms with Crippen LogP contribution in [0.4, 0.5) is 0 Å². The number of nitrogens with zero attached hydrogens (tertiary/aromatic N) is 4. The normalized spacial score (nSPS) is 22.1. The summed E-state index contributed by atoms with van der Waals surface area (Å²) in [5, 5.41) is 0. The average Bonchev–Trinajstić information content (AvgIpc) is 3.29. The van der Waals surface area contributed by atoms with Crippen molar-refractivity contribution in [1.29, 1.82) is 0 Å². The van der Waals surface area contributed by atoms with Gasteiger partial charge in [-0.3, -0.25) is 9.59 Å². The number of hydrogen-bond acceptors (Lipinski definition) is 3. The van der Waals surface area contributed by atoms with E-state index in [1.54, 1.807) is 0 Å². The Labute approximate surface area is 142 Å². The first kappa shape index (κ1) is 15.7. The van der Waals surface area contributed by atoms with Gasteiger partial charge in [0.15, 0.2) is 0 Å². The van der Waals surface area contributed by atoms with Gasteiger partial charge in [0.1, 0.15) is 0 Å². The standard InChI is InChI=1S/C18H26N4O2/c23-17-7-3-8-20(17)11-15-16-12-21(9-4-10-22(16)13-19-15)18(24)14-5-1-2-6-14/h13-14H,1-12H2. The third-order valence-electron chi connectivity index (χ3n) is 5.73. The number of hydrogen-bond donors (Lipinski definition) is 0. The molecule has 24 heavy (non-hydrogen) atoms. The highest BCUT2D eigenvalue weighted by Crippen LogP contribution is 2.28. The Morgan fingerprint density at radius 2 is 1.96 bits per heavy atom. The van der Waals surface area contributed by atoms with Gasteiger partial charge in [-0.1, -0.05) is 12.8 Å². The molecule has 1 aliphatic carbocycles. The molecule has 1 aromatic heterocycles. The zero-order chi connectivity index (χ0) is 16.5. The molecule has 2 amide bonds. The number of carbonyl (C=O) groups excluding carboxylic acids is 2. The van der Waals surface area contributed by atoms with Crippen molar-refractivity contribution in [2.45, 2.75) is 64.6 Å². The van der Waals surface area contributed by atoms with Gasteiger partial charge in [0.05, 0.1) is 30.8 Å². The van der Waals surface area contributed by atoms with Crippen molar-refractivity contribution in [3.8, 4) is 0 Å². The molecule has 3 heterocycles. The number of fused-ring (bicyclic) bond motifs is 1. The predicted molar refractivity (Wildman–Crippen MR) is 88.9 cm³/mol. The summed E-state index contributed by atoms with van der Waals surface area (Å²) in [7, 11) is 0. The van der Waals surface area contributed by atoms with Crippen LogP contribution < -0.4 is 0 Å². The van der Waals surface area contributed by atoms with Crippen molar-refractivity contribution in [2.75, 3.05) is 13.1 Å². The zero-order valence-electron chi connectivity index (χ0n) is 14.2. The summed E-state index contributed by atoms with van der Waals surface area (Å²) < 4.78 is 2.18. The first-order chi connectivity index (χ1) is 11.7. The fourth-order valence-electron chi connectivity index (χ4n) is 4.32. The van der Waals surface area contributed by atoms with Crippen LogP contribution >= 0.6 is 0 Å². The lowest BCUT2D eigenvalue weighted by molar-refractivity contribution is -0.136. The molecule has 0 unspecified atom stereocenters. The van der Waals surface area contributed by atoms with Crippen LogP contribution in [-0.4, -0.2) is 44.3 Å². The van der Waals surface area contributed by atoms with Gasteiger partial charge >= 0.3 is 0 Å². The maximum atomic E-state index is 12.8. The van der Waals surface area contributed by atoms with Crippen LogP contribution in [0.1, 0.15) is 56.3 Å². The Bertz CT molecular complexity index is 633. The van der Waals surface area contributed by atoms with E-state index in [0.717, 1.165) is 56.7 Å². The number of likely N-dealkylation sites (tertiary alicyclic amines) is 1. The van der Waals surface area contributed by atoms with E-state index in [9.17, 15) is 9.59 Å². The van der Waals surface area contributed by atoms with Gasteiger partial charge in [0.25, 0.3) is 0 Å². The van der Waals surface area contributed by atoms with Crippen LogP contribution in [0.25, 0.3) is 0 Å². The number of aryl methyl sites for hydroxylation is 1. The Kier molecular flexibility index (Phi) is 4.29. The van der Waals surface area contributed by atoms with Crippen LogP contribution in [0.3, 0.4) is 0 Å². The van der Waals surface area contributed by atoms with Crippen molar-refractivity contribution < 1.29 is 9.59 Å². The molecular formula is C18H26N4O2. The molecule has 130 valence electrons. The van der Waals surface area contributed by atoms with Gasteiger partial charge in [-0.05, 0) is 25.7 Å². The topological polar surface area (TPSA) is 58.4 Å². The molecular weight excluding hydrogens is 304 g/mol. The van der Waals surface area contributed by atoms with Gasteiger partial charge in [-0.25, -0.2) is 4.98 Å². The summed E-state index contributed by atoms with van der Waals surface area (Å²) in [6.45, 7) is 3.80. The molecule has 0 radical (unpaired) electrons. The number of rotatable bonds is 3. The predicted octanol–water partition coefficient (Wildman–Crippen LogP) is 1.93. The number of imidazole rings is 1. The smallest absolute Gasteiger partial charge is 0.226 e. The lowest BCUT2D eigenvalue weighted by Crippen LogP contribution is -2.35. The minimum atomic E-state index is 0.225. The highest BCUT2D eigenvalue weighted by atomic mass is 16.2. The molecule has 3 aliphatic rings. The second-order valence-corrected chi connectivity index (χ2v) is 7.34. The maximum Gasteiger partial charge on any atom is 0.226 e. The van der Waals surface area contributed by atoms with Gasteiger partial charge in [0, 0.05) is 32.0 Å². The number of amides is 2. The molecule has 1 aromatic rings. The van der Waals surface area contributed by atoms with Gasteiger partial charge in [0.2, 0.25) is 11.8 Å². The summed E-state index contributed by atoms with van der Waals surface area (Å²) in [5.74, 6) is 0.776. The van der Waals surface area contributed by atoms with E-state index in [2.05, 4.69) is 9.55 Å². The van der Waals surface area contributed by atoms with Crippen LogP contribution in [0, 0.1) is 5.92 Å². The molecule has 0 aromatic carbocycles. The van der Waals surface area contributed by atoms with Crippen molar-refractivity contribution in [3.63, 3.8) is 0 Å². The van der Waals surface area contributed by atoms with Gasteiger partial charge in [-0.15, -0.1) is 0 Å². The fraction of sp³-hybridized carbons (Fsp3) is 0.722. The van der Waals surface area contributed by atoms with Crippen molar-refractivity contribution in [2.24, 2.45) is 5.92 Å². The lowest BCUT2D eigenvalue weighted by atomic mass is 10.1. The third-order valence-corrected chi connectivity index (χ3v) is 5.73. The van der Waals surface area contributed by atoms with Crippen molar-refractivity contribution in [3.05, 3.63) is 17.7 Å². The minimum absolute atomic E-state index is 0.225. The highest BCUT2D eigenvalue weighted by molar-refractivity contribution is 5.79. The minimum Gasteiger partial charge on any atom is -0.337 e. The molecule has 2 aliphatic heterocycles. The second-order valence-electron chi connectivity index (χ2n) is 7.34. The number of aromatic nitrogens is 2. The van der Waals surface area contributed by atoms with E-state index >= 15 is 0 Å². The highest BCUT2D eigenvalue weighted by Gasteiger charge is 2.30. The van der Waals surface area contributed by atoms with E-state index in [-0.39, 0.29) is 11.8 Å². The van der Waals surface area contributed by atoms with Crippen molar-refractivity contribution >= 4 is 11.8 Å². The average molecular weight is 330 g/mol. The number of carbonyl (C=O) groups is 2. The molecule has 0 bridgehead atoms. The molecule has 6 heteroatoms. The van der Waals surface area contributed by atoms with Crippen LogP contribution in [-0.2, 0) is 29.2 Å². The summed E-state index contributed by atoms with van der Waals surface area (Å²) >= 11 is 0. The van der Waals surface area contributed by atoms with Gasteiger partial charge < -0.3 is 14.4 Å². The molecule has 1 saturated heterocycles. The quantitative estimate of drug-likeness (QED) is 0.851. The maximum absolute atomic E-state index is 12.8. The Morgan fingerprint density at radius 1 is 1.12 bits per heavy atom. The van der Waals surface area contributed by atoms with E-state index < -0.39 is 0 Å². The van der Waals surface area contributed by atoms with E-state index in [1.807, 2.05) is 16.1 Å². The molecule has 0 atom stereocenters. The van der Waals surface area contributed by atoms with E-state index in [4.69, 9.17) is 0 Å². The summed E-state index contributed by atoms with van der Waals surface area (Å²) in [4.78, 5) is 33.2. The fourth-order valence-corrected chi connectivity index (χ4v) is 4.32. The van der Waals surface area contributed by atoms with E-state index in [0.29, 0.717) is 25.4 Å². The third kappa shape index (κ3) is 2.94. The summed E-state index contributed by atoms with van der Waals surface area (Å²) in [5.41, 5.74) is 2.09. The summed E-state index contributed by atoms with van der Waals surface area (Å²) in [6, 6.07) is 0. The first-order valence-electron chi connectivity index (χ1n) is 9.32. The van der Waals surface area contributed by atoms with E-state index in [1.165, 1.54) is 12.8 Å². The Morgan fingerprint density at radius 3 is 2.71 bits per heavy atom. The molecule has 2 fully saturated rings. The monoisotopic (exact) mass is 330 g/mol. The lowest BCUT2D eigenvalue weighted by Gasteiger charge is -2.24. The Balaban J connectivity index is 1.51. The molecule has 1 saturated carbocycles. The molecule has 0 spiro atoms. The molecule has 6 nitrogen and oxygen atoms in total. The Hall–Kier alpha value is -1.85. The largest absolute Gasteiger partial charge is 0.337 e. The molecule has 0 N–H and O–H groups in total.